The third kappa shape index (κ3) is 4.82. The number of nitrogens with one attached hydrogen (secondary N) is 1. The lowest BCUT2D eigenvalue weighted by Crippen LogP contribution is -2.40. The van der Waals surface area contributed by atoms with E-state index in [1.165, 1.54) is 17.0 Å². The molecule has 0 amide bonds. The molecule has 1 aliphatic heterocycles. The van der Waals surface area contributed by atoms with Gasteiger partial charge < -0.3 is 4.98 Å². The summed E-state index contributed by atoms with van der Waals surface area (Å²) in [6.07, 6.45) is 0.676. The lowest BCUT2D eigenvalue weighted by atomic mass is 9.97. The van der Waals surface area contributed by atoms with E-state index in [2.05, 4.69) is 15.0 Å². The Labute approximate surface area is 165 Å². The van der Waals surface area contributed by atoms with Crippen molar-refractivity contribution in [3.05, 3.63) is 60.4 Å². The van der Waals surface area contributed by atoms with E-state index < -0.39 is 12.7 Å². The number of aromatic nitrogens is 3. The van der Waals surface area contributed by atoms with E-state index in [0.29, 0.717) is 36.6 Å². The maximum absolute atomic E-state index is 13.4. The van der Waals surface area contributed by atoms with Crippen LogP contribution in [0.5, 0.6) is 0 Å². The number of hydrogen-bond donors (Lipinski definition) is 1. The number of benzene rings is 1. The first kappa shape index (κ1) is 19.6. The SMILES string of the molecule is Fc1cccc(-c2ccc(-c3cnc([C@H]4CCCN(CC(F)(F)F)C4)[nH]3)cn2)c1. The molecule has 4 rings (SSSR count). The molecular weight excluding hydrogens is 384 g/mol. The van der Waals surface area contributed by atoms with Crippen molar-refractivity contribution in [2.75, 3.05) is 19.6 Å². The maximum atomic E-state index is 13.4. The van der Waals surface area contributed by atoms with Crippen molar-refractivity contribution in [1.82, 2.24) is 19.9 Å². The van der Waals surface area contributed by atoms with Gasteiger partial charge in [0, 0.05) is 29.8 Å². The molecule has 1 atom stereocenters. The van der Waals surface area contributed by atoms with Crippen molar-refractivity contribution >= 4 is 0 Å². The van der Waals surface area contributed by atoms with E-state index in [4.69, 9.17) is 0 Å². The molecule has 1 saturated heterocycles. The molecule has 0 radical (unpaired) electrons. The predicted octanol–water partition coefficient (Wildman–Crippen LogP) is 5.02. The molecule has 1 aliphatic rings. The molecule has 0 saturated carbocycles. The van der Waals surface area contributed by atoms with Crippen molar-refractivity contribution in [2.45, 2.75) is 24.9 Å². The summed E-state index contributed by atoms with van der Waals surface area (Å²) in [5.41, 5.74) is 2.91. The van der Waals surface area contributed by atoms with Crippen LogP contribution >= 0.6 is 0 Å². The molecule has 2 aromatic heterocycles. The molecule has 1 N–H and O–H groups in total. The Bertz CT molecular complexity index is 965. The summed E-state index contributed by atoms with van der Waals surface area (Å²) in [4.78, 5) is 13.5. The molecule has 0 aliphatic carbocycles. The van der Waals surface area contributed by atoms with E-state index in [0.717, 1.165) is 17.7 Å². The van der Waals surface area contributed by atoms with E-state index in [-0.39, 0.29) is 11.7 Å². The van der Waals surface area contributed by atoms with Crippen LogP contribution in [0.1, 0.15) is 24.6 Å². The molecule has 29 heavy (non-hydrogen) atoms. The first-order chi connectivity index (χ1) is 13.9. The fraction of sp³-hybridized carbons (Fsp3) is 0.333. The fourth-order valence-corrected chi connectivity index (χ4v) is 3.74. The number of H-pyrrole nitrogens is 1. The highest BCUT2D eigenvalue weighted by Gasteiger charge is 2.33. The Morgan fingerprint density at radius 2 is 1.93 bits per heavy atom. The third-order valence-corrected chi connectivity index (χ3v) is 5.09. The average molecular weight is 404 g/mol. The van der Waals surface area contributed by atoms with Crippen LogP contribution in [0.15, 0.2) is 48.8 Å². The molecule has 3 aromatic rings. The molecule has 1 aromatic carbocycles. The van der Waals surface area contributed by atoms with E-state index in [1.807, 2.05) is 6.07 Å². The van der Waals surface area contributed by atoms with Crippen LogP contribution in [0, 0.1) is 5.82 Å². The Kier molecular flexibility index (Phi) is 5.36. The van der Waals surface area contributed by atoms with Gasteiger partial charge in [-0.3, -0.25) is 9.88 Å². The standard InChI is InChI=1S/C21H20F4N4/c22-17-5-1-3-14(9-17)18-7-6-15(10-26-18)19-11-27-20(28-19)16-4-2-8-29(12-16)13-21(23,24)25/h1,3,5-7,9-11,16H,2,4,8,12-13H2,(H,27,28)/t16-/m0/s1. The summed E-state index contributed by atoms with van der Waals surface area (Å²) < 4.78 is 51.4. The maximum Gasteiger partial charge on any atom is 0.401 e. The van der Waals surface area contributed by atoms with Crippen molar-refractivity contribution in [1.29, 1.82) is 0 Å². The number of halogens is 4. The molecule has 0 unspecified atom stereocenters. The summed E-state index contributed by atoms with van der Waals surface area (Å²) in [5, 5.41) is 0. The third-order valence-electron chi connectivity index (χ3n) is 5.09. The Morgan fingerprint density at radius 3 is 2.66 bits per heavy atom. The van der Waals surface area contributed by atoms with Crippen molar-refractivity contribution in [3.63, 3.8) is 0 Å². The Hall–Kier alpha value is -2.74. The van der Waals surface area contributed by atoms with E-state index in [1.54, 1.807) is 30.6 Å². The summed E-state index contributed by atoms with van der Waals surface area (Å²) in [6.45, 7) is -0.0964. The first-order valence-corrected chi connectivity index (χ1v) is 9.44. The fourth-order valence-electron chi connectivity index (χ4n) is 3.74. The lowest BCUT2D eigenvalue weighted by Gasteiger charge is -2.32. The van der Waals surface area contributed by atoms with Crippen LogP contribution in [0.4, 0.5) is 17.6 Å². The minimum Gasteiger partial charge on any atom is -0.342 e. The number of likely N-dealkylation sites (tertiary alicyclic amines) is 1. The van der Waals surface area contributed by atoms with Gasteiger partial charge in [-0.05, 0) is 43.7 Å². The molecule has 0 bridgehead atoms. The van der Waals surface area contributed by atoms with Crippen LogP contribution in [0.3, 0.4) is 0 Å². The number of rotatable bonds is 4. The number of piperidine rings is 1. The van der Waals surface area contributed by atoms with Crippen LogP contribution in [-0.2, 0) is 0 Å². The van der Waals surface area contributed by atoms with Gasteiger partial charge >= 0.3 is 6.18 Å². The van der Waals surface area contributed by atoms with Crippen LogP contribution in [-0.4, -0.2) is 45.7 Å². The van der Waals surface area contributed by atoms with E-state index >= 15 is 0 Å². The normalized spacial score (nSPS) is 18.1. The van der Waals surface area contributed by atoms with Gasteiger partial charge in [0.2, 0.25) is 0 Å². The van der Waals surface area contributed by atoms with Crippen molar-refractivity contribution in [2.24, 2.45) is 0 Å². The monoisotopic (exact) mass is 404 g/mol. The van der Waals surface area contributed by atoms with Gasteiger partial charge in [0.15, 0.2) is 0 Å². The second-order valence-corrected chi connectivity index (χ2v) is 7.31. The Balaban J connectivity index is 1.47. The second-order valence-electron chi connectivity index (χ2n) is 7.31. The molecular formula is C21H20F4N4. The van der Waals surface area contributed by atoms with Crippen LogP contribution < -0.4 is 0 Å². The van der Waals surface area contributed by atoms with Gasteiger partial charge in [-0.25, -0.2) is 9.37 Å². The van der Waals surface area contributed by atoms with Crippen molar-refractivity contribution < 1.29 is 17.6 Å². The Morgan fingerprint density at radius 1 is 1.07 bits per heavy atom. The number of pyridine rings is 1. The highest BCUT2D eigenvalue weighted by atomic mass is 19.4. The summed E-state index contributed by atoms with van der Waals surface area (Å²) in [6, 6.07) is 9.89. The molecule has 152 valence electrons. The quantitative estimate of drug-likeness (QED) is 0.621. The highest BCUT2D eigenvalue weighted by Crippen LogP contribution is 2.29. The largest absolute Gasteiger partial charge is 0.401 e. The van der Waals surface area contributed by atoms with Gasteiger partial charge in [0.1, 0.15) is 11.6 Å². The first-order valence-electron chi connectivity index (χ1n) is 9.44. The van der Waals surface area contributed by atoms with Crippen LogP contribution in [0.25, 0.3) is 22.5 Å². The minimum atomic E-state index is -4.19. The zero-order valence-electron chi connectivity index (χ0n) is 15.6. The topological polar surface area (TPSA) is 44.8 Å². The molecule has 3 heterocycles. The summed E-state index contributed by atoms with van der Waals surface area (Å²) >= 11 is 0. The number of nitrogens with zero attached hydrogens (tertiary/aromatic N) is 3. The lowest BCUT2D eigenvalue weighted by molar-refractivity contribution is -0.148. The number of imidazole rings is 1. The molecule has 4 nitrogen and oxygen atoms in total. The van der Waals surface area contributed by atoms with E-state index in [9.17, 15) is 17.6 Å². The molecule has 0 spiro atoms. The average Bonchev–Trinajstić information content (AvgIpc) is 3.17. The summed E-state index contributed by atoms with van der Waals surface area (Å²) in [5.74, 6) is 0.319. The van der Waals surface area contributed by atoms with Gasteiger partial charge in [0.05, 0.1) is 24.1 Å². The highest BCUT2D eigenvalue weighted by molar-refractivity contribution is 5.64. The summed E-state index contributed by atoms with van der Waals surface area (Å²) in [7, 11) is 0. The zero-order valence-corrected chi connectivity index (χ0v) is 15.6. The zero-order chi connectivity index (χ0) is 20.4. The van der Waals surface area contributed by atoms with Crippen LogP contribution in [0.2, 0.25) is 0 Å². The van der Waals surface area contributed by atoms with Crippen molar-refractivity contribution in [3.8, 4) is 22.5 Å². The molecule has 1 fully saturated rings. The molecule has 8 heteroatoms. The smallest absolute Gasteiger partial charge is 0.342 e. The minimum absolute atomic E-state index is 0.0561. The second kappa shape index (κ2) is 7.94. The van der Waals surface area contributed by atoms with Gasteiger partial charge in [-0.1, -0.05) is 12.1 Å². The van der Waals surface area contributed by atoms with Gasteiger partial charge in [0.25, 0.3) is 0 Å². The van der Waals surface area contributed by atoms with Gasteiger partial charge in [-0.2, -0.15) is 13.2 Å². The predicted molar refractivity (Wildman–Crippen MR) is 102 cm³/mol. The van der Waals surface area contributed by atoms with Gasteiger partial charge in [-0.15, -0.1) is 0 Å². The number of aromatic amines is 1. The number of hydrogen-bond acceptors (Lipinski definition) is 3. The number of alkyl halides is 3.